The van der Waals surface area contributed by atoms with Crippen LogP contribution < -0.4 is 5.32 Å². The highest BCUT2D eigenvalue weighted by molar-refractivity contribution is 5.76. The van der Waals surface area contributed by atoms with Gasteiger partial charge in [0.15, 0.2) is 0 Å². The van der Waals surface area contributed by atoms with Crippen LogP contribution in [0.4, 0.5) is 0 Å². The molecule has 0 heterocycles. The quantitative estimate of drug-likeness (QED) is 0.660. The first-order valence-corrected chi connectivity index (χ1v) is 4.48. The van der Waals surface area contributed by atoms with E-state index in [0.717, 1.165) is 0 Å². The second-order valence-electron chi connectivity index (χ2n) is 3.79. The van der Waals surface area contributed by atoms with Gasteiger partial charge in [0, 0.05) is 12.5 Å². The van der Waals surface area contributed by atoms with Crippen molar-refractivity contribution < 1.29 is 4.79 Å². The lowest BCUT2D eigenvalue weighted by molar-refractivity contribution is -0.123. The van der Waals surface area contributed by atoms with Crippen molar-refractivity contribution in [2.45, 2.75) is 45.6 Å². The van der Waals surface area contributed by atoms with E-state index in [1.54, 1.807) is 0 Å². The third-order valence-electron chi connectivity index (χ3n) is 2.06. The number of carbonyl (C=O) groups excluding carboxylic acids is 1. The van der Waals surface area contributed by atoms with Crippen molar-refractivity contribution in [3.05, 3.63) is 0 Å². The average Bonchev–Trinajstić information content (AvgIpc) is 1.77. The highest BCUT2D eigenvalue weighted by Gasteiger charge is 2.19. The summed E-state index contributed by atoms with van der Waals surface area (Å²) < 4.78 is 0. The summed E-state index contributed by atoms with van der Waals surface area (Å²) in [5.41, 5.74) is 0. The van der Waals surface area contributed by atoms with E-state index in [4.69, 9.17) is 0 Å². The molecule has 0 bridgehead atoms. The van der Waals surface area contributed by atoms with E-state index >= 15 is 0 Å². The van der Waals surface area contributed by atoms with Gasteiger partial charge in [-0.2, -0.15) is 0 Å². The smallest absolute Gasteiger partial charge is 0.220 e. The number of hydrogen-bond acceptors (Lipinski definition) is 1. The molecule has 64 valence electrons. The molecular weight excluding hydrogens is 138 g/mol. The Kier molecular flexibility index (Phi) is 2.92. The van der Waals surface area contributed by atoms with Gasteiger partial charge >= 0.3 is 0 Å². The zero-order valence-electron chi connectivity index (χ0n) is 7.39. The van der Waals surface area contributed by atoms with Crippen LogP contribution in [0.15, 0.2) is 0 Å². The number of nitrogens with one attached hydrogen (secondary N) is 1. The first-order chi connectivity index (χ1) is 5.18. The van der Waals surface area contributed by atoms with Crippen LogP contribution >= 0.6 is 0 Å². The maximum atomic E-state index is 11.1. The zero-order valence-corrected chi connectivity index (χ0v) is 7.39. The van der Waals surface area contributed by atoms with E-state index < -0.39 is 0 Å². The Balaban J connectivity index is 2.09. The van der Waals surface area contributed by atoms with Gasteiger partial charge in [0.25, 0.3) is 0 Å². The molecule has 1 saturated carbocycles. The van der Waals surface area contributed by atoms with Crippen molar-refractivity contribution in [3.63, 3.8) is 0 Å². The average molecular weight is 155 g/mol. The van der Waals surface area contributed by atoms with Gasteiger partial charge in [0.2, 0.25) is 5.91 Å². The van der Waals surface area contributed by atoms with Crippen molar-refractivity contribution in [2.24, 2.45) is 5.92 Å². The van der Waals surface area contributed by atoms with E-state index in [1.165, 1.54) is 19.3 Å². The Morgan fingerprint density at radius 1 is 1.55 bits per heavy atom. The molecule has 1 rings (SSSR count). The largest absolute Gasteiger partial charge is 0.353 e. The molecule has 0 aliphatic heterocycles. The van der Waals surface area contributed by atoms with Crippen LogP contribution in [0, 0.1) is 5.92 Å². The predicted octanol–water partition coefficient (Wildman–Crippen LogP) is 1.70. The van der Waals surface area contributed by atoms with E-state index in [-0.39, 0.29) is 5.91 Å². The maximum absolute atomic E-state index is 11.1. The van der Waals surface area contributed by atoms with Gasteiger partial charge in [-0.1, -0.05) is 13.8 Å². The van der Waals surface area contributed by atoms with Crippen molar-refractivity contribution in [1.29, 1.82) is 0 Å². The normalized spacial score (nSPS) is 18.1. The fourth-order valence-electron chi connectivity index (χ4n) is 1.21. The summed E-state index contributed by atoms with van der Waals surface area (Å²) in [5, 5.41) is 3.01. The molecule has 0 aromatic carbocycles. The second kappa shape index (κ2) is 3.74. The first kappa shape index (κ1) is 8.57. The highest BCUT2D eigenvalue weighted by Crippen LogP contribution is 2.18. The number of hydrogen-bond donors (Lipinski definition) is 1. The van der Waals surface area contributed by atoms with Crippen LogP contribution in [0.5, 0.6) is 0 Å². The molecule has 0 atom stereocenters. The molecule has 0 saturated heterocycles. The minimum atomic E-state index is 0.227. The topological polar surface area (TPSA) is 29.1 Å². The van der Waals surface area contributed by atoms with E-state index in [0.29, 0.717) is 18.4 Å². The molecular formula is C9H17NO. The molecule has 2 heteroatoms. The zero-order chi connectivity index (χ0) is 8.27. The summed E-state index contributed by atoms with van der Waals surface area (Å²) in [4.78, 5) is 11.1. The Hall–Kier alpha value is -0.530. The van der Waals surface area contributed by atoms with Crippen molar-refractivity contribution in [3.8, 4) is 0 Å². The Morgan fingerprint density at radius 3 is 2.55 bits per heavy atom. The summed E-state index contributed by atoms with van der Waals surface area (Å²) in [5.74, 6) is 0.708. The van der Waals surface area contributed by atoms with Gasteiger partial charge in [-0.3, -0.25) is 4.79 Å². The minimum absolute atomic E-state index is 0.227. The number of amides is 1. The summed E-state index contributed by atoms with van der Waals surface area (Å²) >= 11 is 0. The Morgan fingerprint density at radius 2 is 2.18 bits per heavy atom. The van der Waals surface area contributed by atoms with Gasteiger partial charge in [-0.15, -0.1) is 0 Å². The summed E-state index contributed by atoms with van der Waals surface area (Å²) in [6.07, 6.45) is 4.33. The number of carbonyl (C=O) groups is 1. The van der Waals surface area contributed by atoms with Crippen LogP contribution in [0.2, 0.25) is 0 Å². The molecule has 0 spiro atoms. The Bertz CT molecular complexity index is 138. The third-order valence-corrected chi connectivity index (χ3v) is 2.06. The molecule has 1 aliphatic carbocycles. The monoisotopic (exact) mass is 155 g/mol. The molecule has 11 heavy (non-hydrogen) atoms. The summed E-state index contributed by atoms with van der Waals surface area (Å²) in [7, 11) is 0. The predicted molar refractivity (Wildman–Crippen MR) is 45.2 cm³/mol. The van der Waals surface area contributed by atoms with Crippen LogP contribution in [-0.2, 0) is 4.79 Å². The fourth-order valence-corrected chi connectivity index (χ4v) is 1.21. The van der Waals surface area contributed by atoms with Crippen molar-refractivity contribution >= 4 is 5.91 Å². The van der Waals surface area contributed by atoms with E-state index in [9.17, 15) is 4.79 Å². The minimum Gasteiger partial charge on any atom is -0.353 e. The number of rotatable bonds is 3. The van der Waals surface area contributed by atoms with Gasteiger partial charge in [-0.25, -0.2) is 0 Å². The lowest BCUT2D eigenvalue weighted by Gasteiger charge is -2.26. The lowest BCUT2D eigenvalue weighted by atomic mass is 9.93. The molecule has 0 unspecified atom stereocenters. The van der Waals surface area contributed by atoms with Crippen molar-refractivity contribution in [1.82, 2.24) is 5.32 Å². The molecule has 1 aliphatic rings. The van der Waals surface area contributed by atoms with Crippen LogP contribution in [-0.4, -0.2) is 11.9 Å². The highest BCUT2D eigenvalue weighted by atomic mass is 16.1. The van der Waals surface area contributed by atoms with E-state index in [1.807, 2.05) is 0 Å². The molecule has 0 aromatic rings. The lowest BCUT2D eigenvalue weighted by Crippen LogP contribution is -2.39. The van der Waals surface area contributed by atoms with Crippen LogP contribution in [0.3, 0.4) is 0 Å². The standard InChI is InChI=1S/C9H17NO/c1-7(2)6-9(11)10-8-4-3-5-8/h7-8H,3-6H2,1-2H3,(H,10,11). The molecule has 1 amide bonds. The molecule has 1 N–H and O–H groups in total. The van der Waals surface area contributed by atoms with Crippen molar-refractivity contribution in [2.75, 3.05) is 0 Å². The molecule has 0 aromatic heterocycles. The van der Waals surface area contributed by atoms with Gasteiger partial charge in [0.1, 0.15) is 0 Å². The summed E-state index contributed by atoms with van der Waals surface area (Å²) in [6.45, 7) is 4.14. The maximum Gasteiger partial charge on any atom is 0.220 e. The van der Waals surface area contributed by atoms with Gasteiger partial charge in [-0.05, 0) is 25.2 Å². The van der Waals surface area contributed by atoms with Crippen LogP contribution in [0.25, 0.3) is 0 Å². The molecule has 0 radical (unpaired) electrons. The van der Waals surface area contributed by atoms with E-state index in [2.05, 4.69) is 19.2 Å². The van der Waals surface area contributed by atoms with Gasteiger partial charge in [0.05, 0.1) is 0 Å². The first-order valence-electron chi connectivity index (χ1n) is 4.48. The SMILES string of the molecule is CC(C)CC(=O)NC1CCC1. The third kappa shape index (κ3) is 2.91. The van der Waals surface area contributed by atoms with Gasteiger partial charge < -0.3 is 5.32 Å². The van der Waals surface area contributed by atoms with Crippen LogP contribution in [0.1, 0.15) is 39.5 Å². The second-order valence-corrected chi connectivity index (χ2v) is 3.79. The Labute approximate surface area is 68.4 Å². The fraction of sp³-hybridized carbons (Fsp3) is 0.889. The molecule has 2 nitrogen and oxygen atoms in total. The molecule has 1 fully saturated rings. The summed E-state index contributed by atoms with van der Waals surface area (Å²) in [6, 6.07) is 0.501.